The van der Waals surface area contributed by atoms with Gasteiger partial charge < -0.3 is 16.6 Å². The van der Waals surface area contributed by atoms with Crippen LogP contribution in [0.5, 0.6) is 0 Å². The second-order valence-electron chi connectivity index (χ2n) is 3.14. The Labute approximate surface area is 108 Å². The number of carboxylic acids is 1. The van der Waals surface area contributed by atoms with E-state index in [0.717, 1.165) is 6.92 Å². The van der Waals surface area contributed by atoms with Gasteiger partial charge in [-0.3, -0.25) is 14.9 Å². The summed E-state index contributed by atoms with van der Waals surface area (Å²) in [5.74, 6) is -0.979. The fourth-order valence-corrected chi connectivity index (χ4v) is 0.844. The fraction of sp³-hybridized carbons (Fsp3) is 0.100. The number of rotatable bonds is 3. The Kier molecular flexibility index (Phi) is 6.89. The van der Waals surface area contributed by atoms with Crippen LogP contribution in [-0.4, -0.2) is 28.2 Å². The predicted octanol–water partition coefficient (Wildman–Crippen LogP) is 0.293. The number of non-ortho nitro benzene ring substituents is 1. The molecule has 0 aliphatic heterocycles. The molecule has 0 saturated carbocycles. The predicted molar refractivity (Wildman–Crippen MR) is 69.8 cm³/mol. The zero-order chi connectivity index (χ0) is 14.8. The fourth-order valence-electron chi connectivity index (χ4n) is 0.844. The monoisotopic (exact) mass is 267 g/mol. The quantitative estimate of drug-likeness (QED) is 0.309. The molecule has 9 heteroatoms. The maximum atomic E-state index is 10.3. The zero-order valence-corrected chi connectivity index (χ0v) is 10.1. The van der Waals surface area contributed by atoms with E-state index in [9.17, 15) is 10.1 Å². The van der Waals surface area contributed by atoms with Crippen molar-refractivity contribution >= 4 is 23.8 Å². The van der Waals surface area contributed by atoms with Gasteiger partial charge in [0.1, 0.15) is 0 Å². The third kappa shape index (κ3) is 8.80. The van der Waals surface area contributed by atoms with Gasteiger partial charge in [0.15, 0.2) is 0 Å². The van der Waals surface area contributed by atoms with E-state index < -0.39 is 10.9 Å². The van der Waals surface area contributed by atoms with Crippen LogP contribution in [0.1, 0.15) is 12.5 Å². The number of nitrogens with two attached hydrogens (primary N) is 2. The molecule has 0 aliphatic rings. The van der Waals surface area contributed by atoms with Gasteiger partial charge in [-0.1, -0.05) is 0 Å². The molecule has 1 aromatic carbocycles. The zero-order valence-electron chi connectivity index (χ0n) is 10.1. The Hall–Kier alpha value is -2.97. The molecule has 0 amide bonds. The topological polar surface area (TPSA) is 157 Å². The van der Waals surface area contributed by atoms with Crippen LogP contribution in [0.15, 0.2) is 34.5 Å². The van der Waals surface area contributed by atoms with E-state index in [0.29, 0.717) is 5.56 Å². The van der Waals surface area contributed by atoms with Crippen molar-refractivity contribution in [1.82, 2.24) is 0 Å². The first-order chi connectivity index (χ1) is 8.82. The number of carboxylic acid groups (broad SMARTS) is 1. The first kappa shape index (κ1) is 16.0. The van der Waals surface area contributed by atoms with Gasteiger partial charge in [0.25, 0.3) is 11.7 Å². The third-order valence-electron chi connectivity index (χ3n) is 1.48. The summed E-state index contributed by atoms with van der Waals surface area (Å²) in [6.45, 7) is 1.08. The Morgan fingerprint density at radius 3 is 2.21 bits per heavy atom. The van der Waals surface area contributed by atoms with Gasteiger partial charge in [-0.2, -0.15) is 5.10 Å². The molecule has 0 fully saturated rings. The molecule has 102 valence electrons. The number of benzene rings is 1. The Bertz CT molecular complexity index is 487. The maximum Gasteiger partial charge on any atom is 0.300 e. The molecule has 1 aromatic rings. The second-order valence-corrected chi connectivity index (χ2v) is 3.14. The molecule has 9 nitrogen and oxygen atoms in total. The third-order valence-corrected chi connectivity index (χ3v) is 1.48. The summed E-state index contributed by atoms with van der Waals surface area (Å²) in [5, 5.41) is 24.7. The van der Waals surface area contributed by atoms with Crippen molar-refractivity contribution in [1.29, 1.82) is 0 Å². The highest BCUT2D eigenvalue weighted by Gasteiger charge is 2.02. The molecular weight excluding hydrogens is 254 g/mol. The molecule has 0 aliphatic carbocycles. The standard InChI is InChI=1S/C8H9N5O2.C2H4O2/c9-8(10)12-11-5-6-1-3-7(4-2-6)13(14)15;1-2(3)4/h1-5H,(H4,9,10,12);1H3,(H,3,4). The average molecular weight is 267 g/mol. The summed E-state index contributed by atoms with van der Waals surface area (Å²) < 4.78 is 0. The molecule has 19 heavy (non-hydrogen) atoms. The number of hydrogen-bond acceptors (Lipinski definition) is 5. The Morgan fingerprint density at radius 1 is 1.37 bits per heavy atom. The van der Waals surface area contributed by atoms with Crippen LogP contribution in [0.2, 0.25) is 0 Å². The molecule has 0 bridgehead atoms. The molecule has 0 radical (unpaired) electrons. The van der Waals surface area contributed by atoms with Crippen molar-refractivity contribution in [3.05, 3.63) is 39.9 Å². The molecule has 0 atom stereocenters. The Balaban J connectivity index is 0.000000711. The van der Waals surface area contributed by atoms with Crippen LogP contribution in [0, 0.1) is 10.1 Å². The van der Waals surface area contributed by atoms with Crippen LogP contribution >= 0.6 is 0 Å². The second kappa shape index (κ2) is 8.17. The SMILES string of the molecule is CC(=O)O.NC(N)=NN=Cc1ccc([N+](=O)[O-])cc1. The van der Waals surface area contributed by atoms with Gasteiger partial charge in [0.2, 0.25) is 5.96 Å². The van der Waals surface area contributed by atoms with Gasteiger partial charge in [-0.15, -0.1) is 5.10 Å². The van der Waals surface area contributed by atoms with Crippen LogP contribution in [0.4, 0.5) is 5.69 Å². The van der Waals surface area contributed by atoms with E-state index in [-0.39, 0.29) is 11.6 Å². The summed E-state index contributed by atoms with van der Waals surface area (Å²) in [6.07, 6.45) is 1.39. The van der Waals surface area contributed by atoms with Crippen molar-refractivity contribution in [3.8, 4) is 0 Å². The first-order valence-corrected chi connectivity index (χ1v) is 4.89. The minimum Gasteiger partial charge on any atom is -0.481 e. The van der Waals surface area contributed by atoms with Crippen molar-refractivity contribution in [2.24, 2.45) is 21.7 Å². The van der Waals surface area contributed by atoms with E-state index in [1.165, 1.54) is 18.3 Å². The summed E-state index contributed by atoms with van der Waals surface area (Å²) in [5.41, 5.74) is 10.8. The van der Waals surface area contributed by atoms with Crippen molar-refractivity contribution < 1.29 is 14.8 Å². The van der Waals surface area contributed by atoms with Crippen molar-refractivity contribution in [2.75, 3.05) is 0 Å². The summed E-state index contributed by atoms with van der Waals surface area (Å²) in [7, 11) is 0. The minimum atomic E-state index is -0.833. The summed E-state index contributed by atoms with van der Waals surface area (Å²) >= 11 is 0. The highest BCUT2D eigenvalue weighted by molar-refractivity contribution is 5.81. The van der Waals surface area contributed by atoms with Crippen molar-refractivity contribution in [3.63, 3.8) is 0 Å². The lowest BCUT2D eigenvalue weighted by atomic mass is 10.2. The lowest BCUT2D eigenvalue weighted by Crippen LogP contribution is -2.21. The van der Waals surface area contributed by atoms with Gasteiger partial charge in [-0.05, 0) is 17.7 Å². The van der Waals surface area contributed by atoms with E-state index in [1.54, 1.807) is 12.1 Å². The van der Waals surface area contributed by atoms with Gasteiger partial charge in [-0.25, -0.2) is 0 Å². The van der Waals surface area contributed by atoms with Crippen molar-refractivity contribution in [2.45, 2.75) is 6.92 Å². The highest BCUT2D eigenvalue weighted by atomic mass is 16.6. The number of aliphatic carboxylic acids is 1. The molecule has 0 unspecified atom stereocenters. The van der Waals surface area contributed by atoms with Gasteiger partial charge in [0, 0.05) is 19.1 Å². The molecule has 0 heterocycles. The summed E-state index contributed by atoms with van der Waals surface area (Å²) in [4.78, 5) is 18.9. The lowest BCUT2D eigenvalue weighted by Gasteiger charge is -1.91. The van der Waals surface area contributed by atoms with Gasteiger partial charge >= 0.3 is 0 Å². The van der Waals surface area contributed by atoms with E-state index in [2.05, 4.69) is 10.2 Å². The number of nitrogens with zero attached hydrogens (tertiary/aromatic N) is 3. The molecule has 0 spiro atoms. The van der Waals surface area contributed by atoms with Gasteiger partial charge in [0.05, 0.1) is 11.1 Å². The molecule has 1 rings (SSSR count). The van der Waals surface area contributed by atoms with Crippen LogP contribution in [0.25, 0.3) is 0 Å². The lowest BCUT2D eigenvalue weighted by molar-refractivity contribution is -0.384. The maximum absolute atomic E-state index is 10.3. The minimum absolute atomic E-state index is 0.0222. The number of carbonyl (C=O) groups is 1. The van der Waals surface area contributed by atoms with Crippen LogP contribution in [-0.2, 0) is 4.79 Å². The first-order valence-electron chi connectivity index (χ1n) is 4.89. The number of guanidine groups is 1. The molecular formula is C10H13N5O4. The van der Waals surface area contributed by atoms with E-state index >= 15 is 0 Å². The van der Waals surface area contributed by atoms with E-state index in [4.69, 9.17) is 21.4 Å². The Morgan fingerprint density at radius 2 is 1.84 bits per heavy atom. The van der Waals surface area contributed by atoms with Crippen LogP contribution < -0.4 is 11.5 Å². The summed E-state index contributed by atoms with van der Waals surface area (Å²) in [6, 6.07) is 5.83. The highest BCUT2D eigenvalue weighted by Crippen LogP contribution is 2.10. The average Bonchev–Trinajstić information content (AvgIpc) is 2.28. The smallest absolute Gasteiger partial charge is 0.300 e. The molecule has 0 saturated heterocycles. The normalized spacial score (nSPS) is 9.32. The number of nitro benzene ring substituents is 1. The molecule has 0 aromatic heterocycles. The number of hydrogen-bond donors (Lipinski definition) is 3. The van der Waals surface area contributed by atoms with E-state index in [1.807, 2.05) is 0 Å². The molecule has 5 N–H and O–H groups in total. The largest absolute Gasteiger partial charge is 0.481 e. The van der Waals surface area contributed by atoms with Crippen LogP contribution in [0.3, 0.4) is 0 Å². The number of nitro groups is 1.